The van der Waals surface area contributed by atoms with E-state index in [0.717, 1.165) is 16.5 Å². The van der Waals surface area contributed by atoms with E-state index in [1.807, 2.05) is 30.3 Å². The molecule has 0 aliphatic heterocycles. The van der Waals surface area contributed by atoms with Crippen molar-refractivity contribution < 1.29 is 18.1 Å². The summed E-state index contributed by atoms with van der Waals surface area (Å²) < 4.78 is 30.0. The number of nitrogens with zero attached hydrogens (tertiary/aromatic N) is 1. The van der Waals surface area contributed by atoms with Gasteiger partial charge in [-0.05, 0) is 36.6 Å². The molecule has 2 aromatic rings. The van der Waals surface area contributed by atoms with Crippen LogP contribution in [0.5, 0.6) is 0 Å². The van der Waals surface area contributed by atoms with Gasteiger partial charge in [-0.3, -0.25) is 9.54 Å². The van der Waals surface area contributed by atoms with Gasteiger partial charge in [-0.15, -0.1) is 0 Å². The smallest absolute Gasteiger partial charge is 0.292 e. The van der Waals surface area contributed by atoms with Gasteiger partial charge >= 0.3 is 0 Å². The van der Waals surface area contributed by atoms with Crippen molar-refractivity contribution in [2.45, 2.75) is 18.3 Å². The minimum absolute atomic E-state index is 0. The molecule has 0 fully saturated rings. The van der Waals surface area contributed by atoms with Crippen molar-refractivity contribution in [2.75, 3.05) is 0 Å². The van der Waals surface area contributed by atoms with E-state index in [1.54, 1.807) is 6.20 Å². The Morgan fingerprint density at radius 2 is 2.00 bits per heavy atom. The van der Waals surface area contributed by atoms with Crippen LogP contribution in [0.2, 0.25) is 0 Å². The first-order valence-electron chi connectivity index (χ1n) is 5.45. The average molecular weight is 290 g/mol. The Bertz CT molecular complexity index is 660. The minimum atomic E-state index is -4.37. The molecular weight excluding hydrogens is 277 g/mol. The molecule has 2 N–H and O–H groups in total. The summed E-state index contributed by atoms with van der Waals surface area (Å²) >= 11 is 0. The topological polar surface area (TPSA) is 87.5 Å². The Hall–Kier alpha value is -0.500. The van der Waals surface area contributed by atoms with Crippen molar-refractivity contribution in [1.29, 1.82) is 0 Å². The van der Waals surface area contributed by atoms with Crippen molar-refractivity contribution in [3.63, 3.8) is 0 Å². The monoisotopic (exact) mass is 290 g/mol. The zero-order valence-electron chi connectivity index (χ0n) is 10.5. The van der Waals surface area contributed by atoms with E-state index in [2.05, 4.69) is 4.98 Å². The molecule has 1 unspecified atom stereocenters. The molecule has 1 heterocycles. The number of aryl methyl sites for hydroxylation is 1. The molecule has 1 atom stereocenters. The van der Waals surface area contributed by atoms with Gasteiger partial charge in [0.1, 0.15) is 0 Å². The fourth-order valence-corrected chi connectivity index (χ4v) is 2.14. The van der Waals surface area contributed by atoms with Gasteiger partial charge in [-0.2, -0.15) is 8.42 Å². The summed E-state index contributed by atoms with van der Waals surface area (Å²) in [5.41, 5.74) is 0.0110. The summed E-state index contributed by atoms with van der Waals surface area (Å²) in [4.78, 5) is 4.17. The first kappa shape index (κ1) is 16.6. The predicted molar refractivity (Wildman–Crippen MR) is 73.4 cm³/mol. The second kappa shape index (κ2) is 6.78. The molecule has 19 heavy (non-hydrogen) atoms. The maximum Gasteiger partial charge on any atom is 0.292 e. The summed E-state index contributed by atoms with van der Waals surface area (Å²) in [6.45, 7) is 0. The zero-order chi connectivity index (χ0) is 13.2. The number of pyridine rings is 1. The van der Waals surface area contributed by atoms with Crippen LogP contribution in [0, 0.1) is 0 Å². The van der Waals surface area contributed by atoms with Crippen molar-refractivity contribution in [1.82, 2.24) is 4.98 Å². The summed E-state index contributed by atoms with van der Waals surface area (Å²) in [6.07, 6.45) is 2.03. The Morgan fingerprint density at radius 3 is 2.68 bits per heavy atom. The third-order valence-corrected chi connectivity index (χ3v) is 3.61. The van der Waals surface area contributed by atoms with Crippen LogP contribution in [0.1, 0.15) is 12.0 Å². The number of benzene rings is 1. The summed E-state index contributed by atoms with van der Waals surface area (Å²) in [5.74, 6) is 0. The molecule has 0 bridgehead atoms. The number of hydrogen-bond donors (Lipinski definition) is 2. The van der Waals surface area contributed by atoms with Crippen molar-refractivity contribution >= 4 is 50.6 Å². The minimum Gasteiger partial charge on any atom is -0.375 e. The number of fused-ring (bicyclic) bond motifs is 1. The maximum atomic E-state index is 10.7. The molecule has 1 radical (unpaired) electrons. The van der Waals surface area contributed by atoms with E-state index in [1.165, 1.54) is 0 Å². The zero-order valence-corrected chi connectivity index (χ0v) is 13.3. The molecule has 1 aromatic heterocycles. The summed E-state index contributed by atoms with van der Waals surface area (Å²) in [7, 11) is -4.37. The van der Waals surface area contributed by atoms with Gasteiger partial charge in [0, 0.05) is 41.1 Å². The van der Waals surface area contributed by atoms with E-state index < -0.39 is 15.6 Å². The van der Waals surface area contributed by atoms with Gasteiger partial charge in [0.15, 0.2) is 5.44 Å². The molecule has 97 valence electrons. The average Bonchev–Trinajstić information content (AvgIpc) is 2.34. The molecule has 0 aliphatic rings. The number of aliphatic hydroxyl groups excluding tert-OH is 1. The third kappa shape index (κ3) is 4.52. The van der Waals surface area contributed by atoms with E-state index >= 15 is 0 Å². The van der Waals surface area contributed by atoms with Gasteiger partial charge in [0.2, 0.25) is 0 Å². The van der Waals surface area contributed by atoms with Gasteiger partial charge in [-0.1, -0.05) is 12.1 Å². The van der Waals surface area contributed by atoms with Gasteiger partial charge in [0.05, 0.1) is 5.52 Å². The second-order valence-corrected chi connectivity index (χ2v) is 5.61. The molecular formula is C12H13NNaO4S. The number of rotatable bonds is 4. The Kier molecular flexibility index (Phi) is 5.91. The normalized spacial score (nSPS) is 12.9. The van der Waals surface area contributed by atoms with Crippen LogP contribution >= 0.6 is 0 Å². The number of hydrogen-bond acceptors (Lipinski definition) is 4. The van der Waals surface area contributed by atoms with E-state index in [-0.39, 0.29) is 36.0 Å². The predicted octanol–water partition coefficient (Wildman–Crippen LogP) is 0.993. The van der Waals surface area contributed by atoms with Crippen LogP contribution in [-0.4, -0.2) is 58.1 Å². The third-order valence-electron chi connectivity index (χ3n) is 2.69. The van der Waals surface area contributed by atoms with Gasteiger partial charge in [-0.25, -0.2) is 0 Å². The maximum absolute atomic E-state index is 10.7. The number of aliphatic hydroxyl groups is 1. The number of aromatic nitrogens is 1. The van der Waals surface area contributed by atoms with Crippen molar-refractivity contribution in [3.8, 4) is 0 Å². The second-order valence-electron chi connectivity index (χ2n) is 4.04. The van der Waals surface area contributed by atoms with Gasteiger partial charge in [0.25, 0.3) is 10.1 Å². The van der Waals surface area contributed by atoms with E-state index in [9.17, 15) is 13.5 Å². The van der Waals surface area contributed by atoms with E-state index in [4.69, 9.17) is 4.55 Å². The van der Waals surface area contributed by atoms with Crippen molar-refractivity contribution in [3.05, 3.63) is 42.1 Å². The molecule has 0 amide bonds. The summed E-state index contributed by atoms with van der Waals surface area (Å²) in [6, 6.07) is 9.28. The van der Waals surface area contributed by atoms with Gasteiger partial charge < -0.3 is 5.11 Å². The molecule has 0 spiro atoms. The summed E-state index contributed by atoms with van der Waals surface area (Å²) in [5, 5.41) is 10.2. The van der Waals surface area contributed by atoms with Crippen LogP contribution < -0.4 is 0 Å². The molecule has 0 saturated heterocycles. The fourth-order valence-electron chi connectivity index (χ4n) is 1.72. The molecule has 0 saturated carbocycles. The quantitative estimate of drug-likeness (QED) is 0.647. The fraction of sp³-hybridized carbons (Fsp3) is 0.250. The first-order valence-corrected chi connectivity index (χ1v) is 6.95. The molecule has 7 heteroatoms. The molecule has 2 rings (SSSR count). The largest absolute Gasteiger partial charge is 0.375 e. The molecule has 1 aromatic carbocycles. The Balaban J connectivity index is 0.00000180. The van der Waals surface area contributed by atoms with Crippen LogP contribution in [0.25, 0.3) is 10.9 Å². The van der Waals surface area contributed by atoms with Crippen LogP contribution in [-0.2, 0) is 16.5 Å². The van der Waals surface area contributed by atoms with E-state index in [0.29, 0.717) is 6.42 Å². The van der Waals surface area contributed by atoms with Crippen LogP contribution in [0.4, 0.5) is 0 Å². The Labute approximate surface area is 133 Å². The molecule has 5 nitrogen and oxygen atoms in total. The molecule has 0 aliphatic carbocycles. The first-order chi connectivity index (χ1) is 8.47. The van der Waals surface area contributed by atoms with Crippen molar-refractivity contribution in [2.24, 2.45) is 0 Å². The standard InChI is InChI=1S/C12H13NO4S.Na/c14-12(18(15,16)17)6-4-9-3-5-11-10(8-9)2-1-7-13-11;/h1-3,5,7-8,12,14H,4,6H2,(H,15,16,17);. The Morgan fingerprint density at radius 1 is 1.26 bits per heavy atom. The SMILES string of the molecule is O=S(=O)(O)C(O)CCc1ccc2ncccc2c1.[Na]. The van der Waals surface area contributed by atoms with Crippen LogP contribution in [0.15, 0.2) is 36.5 Å². The van der Waals surface area contributed by atoms with Crippen LogP contribution in [0.3, 0.4) is 0 Å².